The molecule has 1 aromatic rings. The Morgan fingerprint density at radius 1 is 1.25 bits per heavy atom. The molecule has 0 aliphatic carbocycles. The summed E-state index contributed by atoms with van der Waals surface area (Å²) in [7, 11) is -3.50. The lowest BCUT2D eigenvalue weighted by molar-refractivity contribution is 0.196. The van der Waals surface area contributed by atoms with Gasteiger partial charge in [-0.1, -0.05) is 24.0 Å². The molecule has 1 aromatic carbocycles. The van der Waals surface area contributed by atoms with E-state index in [1.807, 2.05) is 0 Å². The summed E-state index contributed by atoms with van der Waals surface area (Å²) < 4.78 is 40.6. The number of sulfonamides is 1. The van der Waals surface area contributed by atoms with Gasteiger partial charge in [0.05, 0.1) is 5.25 Å². The predicted molar refractivity (Wildman–Crippen MR) is 94.8 cm³/mol. The van der Waals surface area contributed by atoms with E-state index in [2.05, 4.69) is 16.6 Å². The van der Waals surface area contributed by atoms with E-state index in [0.29, 0.717) is 12.0 Å². The van der Waals surface area contributed by atoms with E-state index >= 15 is 0 Å². The number of nitrogens with one attached hydrogen (secondary N) is 1. The summed E-state index contributed by atoms with van der Waals surface area (Å²) >= 11 is 0. The zero-order chi connectivity index (χ0) is 18.2. The third-order valence-electron chi connectivity index (χ3n) is 3.66. The van der Waals surface area contributed by atoms with Crippen LogP contribution in [0, 0.1) is 11.8 Å². The summed E-state index contributed by atoms with van der Waals surface area (Å²) in [5, 5.41) is 8.09. The monoisotopic (exact) mass is 355 g/mol. The van der Waals surface area contributed by atoms with Crippen molar-refractivity contribution in [1.82, 2.24) is 4.72 Å². The molecule has 0 fully saturated rings. The molecule has 0 saturated carbocycles. The van der Waals surface area contributed by atoms with Gasteiger partial charge in [-0.2, -0.15) is 0 Å². The van der Waals surface area contributed by atoms with Gasteiger partial charge in [-0.15, -0.1) is 0 Å². The van der Waals surface area contributed by atoms with E-state index in [1.165, 1.54) is 6.92 Å². The average Bonchev–Trinajstić information content (AvgIpc) is 2.53. The minimum atomic E-state index is -3.50. The van der Waals surface area contributed by atoms with Crippen molar-refractivity contribution in [3.05, 3.63) is 35.4 Å². The predicted octanol–water partition coefficient (Wildman–Crippen LogP) is 2.71. The first-order valence-corrected chi connectivity index (χ1v) is 9.61. The van der Waals surface area contributed by atoms with Crippen LogP contribution in [0.1, 0.15) is 51.2 Å². The highest BCUT2D eigenvalue weighted by Crippen LogP contribution is 2.25. The van der Waals surface area contributed by atoms with E-state index in [-0.39, 0.29) is 13.2 Å². The maximum absolute atomic E-state index is 14.8. The smallest absolute Gasteiger partial charge is 0.214 e. The topological polar surface area (TPSA) is 66.4 Å². The molecule has 0 heterocycles. The van der Waals surface area contributed by atoms with Crippen LogP contribution >= 0.6 is 0 Å². The van der Waals surface area contributed by atoms with Gasteiger partial charge in [0.2, 0.25) is 10.0 Å². The summed E-state index contributed by atoms with van der Waals surface area (Å²) in [5.41, 5.74) is -0.615. The van der Waals surface area contributed by atoms with Gasteiger partial charge >= 0.3 is 0 Å². The van der Waals surface area contributed by atoms with E-state index in [9.17, 15) is 12.8 Å². The van der Waals surface area contributed by atoms with E-state index in [0.717, 1.165) is 18.4 Å². The highest BCUT2D eigenvalue weighted by Gasteiger charge is 2.28. The lowest BCUT2D eigenvalue weighted by Crippen LogP contribution is -2.39. The first-order chi connectivity index (χ1) is 11.2. The lowest BCUT2D eigenvalue weighted by atomic mass is 9.97. The summed E-state index contributed by atoms with van der Waals surface area (Å²) in [6, 6.07) is 6.70. The fraction of sp³-hybridized carbons (Fsp3) is 0.556. The number of alkyl halides is 1. The van der Waals surface area contributed by atoms with Crippen LogP contribution in [0.5, 0.6) is 0 Å². The number of aliphatic hydroxyl groups is 1. The fourth-order valence-electron chi connectivity index (χ4n) is 1.90. The van der Waals surface area contributed by atoms with E-state index in [4.69, 9.17) is 5.11 Å². The normalized spacial score (nSPS) is 14.1. The van der Waals surface area contributed by atoms with Crippen molar-refractivity contribution in [3.63, 3.8) is 0 Å². The highest BCUT2D eigenvalue weighted by molar-refractivity contribution is 7.90. The maximum atomic E-state index is 14.8. The summed E-state index contributed by atoms with van der Waals surface area (Å²) in [6.07, 6.45) is 2.29. The van der Waals surface area contributed by atoms with Crippen LogP contribution in [0.3, 0.4) is 0 Å². The Bertz CT molecular complexity index is 670. The van der Waals surface area contributed by atoms with Crippen molar-refractivity contribution in [3.8, 4) is 11.8 Å². The second-order valence-corrected chi connectivity index (χ2v) is 8.49. The van der Waals surface area contributed by atoms with Crippen molar-refractivity contribution in [2.75, 3.05) is 13.2 Å². The van der Waals surface area contributed by atoms with Crippen LogP contribution in [0.4, 0.5) is 4.39 Å². The summed E-state index contributed by atoms with van der Waals surface area (Å²) in [6.45, 7) is 4.31. The lowest BCUT2D eigenvalue weighted by Gasteiger charge is -2.22. The number of rotatable bonds is 8. The molecule has 24 heavy (non-hydrogen) atoms. The molecule has 134 valence electrons. The van der Waals surface area contributed by atoms with Gasteiger partial charge in [-0.3, -0.25) is 0 Å². The molecule has 0 amide bonds. The molecule has 1 unspecified atom stereocenters. The van der Waals surface area contributed by atoms with Crippen LogP contribution < -0.4 is 4.72 Å². The molecule has 0 saturated heterocycles. The maximum Gasteiger partial charge on any atom is 0.214 e. The van der Waals surface area contributed by atoms with Crippen LogP contribution in [0.25, 0.3) is 0 Å². The van der Waals surface area contributed by atoms with Crippen molar-refractivity contribution in [2.24, 2.45) is 0 Å². The largest absolute Gasteiger partial charge is 0.396 e. The number of benzene rings is 1. The number of hydrogen-bond acceptors (Lipinski definition) is 3. The van der Waals surface area contributed by atoms with Crippen molar-refractivity contribution >= 4 is 10.0 Å². The minimum absolute atomic E-state index is 0.173. The molecule has 2 N–H and O–H groups in total. The molecule has 1 atom stereocenters. The van der Waals surface area contributed by atoms with E-state index in [1.54, 1.807) is 38.1 Å². The van der Waals surface area contributed by atoms with Crippen LogP contribution in [-0.4, -0.2) is 31.9 Å². The van der Waals surface area contributed by atoms with Gasteiger partial charge in [-0.05, 0) is 51.3 Å². The molecule has 1 rings (SSSR count). The Morgan fingerprint density at radius 3 is 2.42 bits per heavy atom. The fourth-order valence-corrected chi connectivity index (χ4v) is 2.70. The van der Waals surface area contributed by atoms with Crippen molar-refractivity contribution < 1.29 is 17.9 Å². The molecular formula is C18H26FNO3S. The van der Waals surface area contributed by atoms with Gasteiger partial charge in [0.1, 0.15) is 5.67 Å². The van der Waals surface area contributed by atoms with E-state index < -0.39 is 20.9 Å². The number of unbranched alkanes of at least 4 members (excludes halogenated alkanes) is 2. The second kappa shape index (κ2) is 9.16. The number of aliphatic hydroxyl groups excluding tert-OH is 1. The molecule has 0 spiro atoms. The zero-order valence-corrected chi connectivity index (χ0v) is 15.3. The SMILES string of the molecule is CC(C)S(=O)(=O)NCC(C)(F)c1ccc(C#CCCCCO)cc1. The third kappa shape index (κ3) is 6.60. The average molecular weight is 355 g/mol. The minimum Gasteiger partial charge on any atom is -0.396 e. The Morgan fingerprint density at radius 2 is 1.88 bits per heavy atom. The van der Waals surface area contributed by atoms with Crippen LogP contribution in [0.15, 0.2) is 24.3 Å². The molecule has 0 bridgehead atoms. The second-order valence-electron chi connectivity index (χ2n) is 6.17. The van der Waals surface area contributed by atoms with Gasteiger partial charge in [-0.25, -0.2) is 17.5 Å². The Labute approximate surface area is 144 Å². The first-order valence-electron chi connectivity index (χ1n) is 8.07. The molecule has 0 radical (unpaired) electrons. The van der Waals surface area contributed by atoms with Crippen molar-refractivity contribution in [2.45, 2.75) is 51.0 Å². The Hall–Kier alpha value is -1.42. The molecule has 0 aliphatic rings. The standard InChI is InChI=1S/C18H26FNO3S/c1-15(2)24(22,23)20-14-18(3,19)17-11-9-16(10-12-17)8-6-4-5-7-13-21/h9-12,15,20-21H,4-5,7,13-14H2,1-3H3. The number of hydrogen-bond donors (Lipinski definition) is 2. The molecule has 4 nitrogen and oxygen atoms in total. The summed E-state index contributed by atoms with van der Waals surface area (Å²) in [4.78, 5) is 0. The molecule has 0 aliphatic heterocycles. The zero-order valence-electron chi connectivity index (χ0n) is 14.5. The third-order valence-corrected chi connectivity index (χ3v) is 5.44. The number of halogens is 1. The molecular weight excluding hydrogens is 329 g/mol. The van der Waals surface area contributed by atoms with Gasteiger partial charge in [0, 0.05) is 25.1 Å². The van der Waals surface area contributed by atoms with Crippen molar-refractivity contribution in [1.29, 1.82) is 0 Å². The van der Waals surface area contributed by atoms with Gasteiger partial charge in [0.25, 0.3) is 0 Å². The molecule has 0 aromatic heterocycles. The molecule has 6 heteroatoms. The Kier molecular flexibility index (Phi) is 7.88. The summed E-state index contributed by atoms with van der Waals surface area (Å²) in [5.74, 6) is 5.99. The first kappa shape index (κ1) is 20.6. The Balaban J connectivity index is 2.69. The van der Waals surface area contributed by atoms with Gasteiger partial charge in [0.15, 0.2) is 0 Å². The quantitative estimate of drug-likeness (QED) is 0.557. The van der Waals surface area contributed by atoms with Crippen LogP contribution in [-0.2, 0) is 15.7 Å². The van der Waals surface area contributed by atoms with Crippen LogP contribution in [0.2, 0.25) is 0 Å². The van der Waals surface area contributed by atoms with Gasteiger partial charge < -0.3 is 5.11 Å². The highest BCUT2D eigenvalue weighted by atomic mass is 32.2.